The van der Waals surface area contributed by atoms with E-state index in [1.54, 1.807) is 41.1 Å². The lowest BCUT2D eigenvalue weighted by molar-refractivity contribution is -0.0686. The van der Waals surface area contributed by atoms with E-state index in [1.165, 1.54) is 0 Å². The van der Waals surface area contributed by atoms with Crippen LogP contribution >= 0.6 is 11.6 Å². The van der Waals surface area contributed by atoms with Crippen molar-refractivity contribution in [1.29, 1.82) is 0 Å². The average molecular weight is 413 g/mol. The van der Waals surface area contributed by atoms with Crippen molar-refractivity contribution in [2.45, 2.75) is 24.7 Å². The van der Waals surface area contributed by atoms with Gasteiger partial charge in [-0.15, -0.1) is 6.42 Å². The molecule has 9 heteroatoms. The summed E-state index contributed by atoms with van der Waals surface area (Å²) < 4.78 is 18.2. The van der Waals surface area contributed by atoms with Crippen molar-refractivity contribution in [2.24, 2.45) is 0 Å². The van der Waals surface area contributed by atoms with Crippen LogP contribution in [0.15, 0.2) is 42.6 Å². The Morgan fingerprint density at radius 2 is 2.17 bits per heavy atom. The summed E-state index contributed by atoms with van der Waals surface area (Å²) in [5, 5.41) is 0.710. The first-order chi connectivity index (χ1) is 14.0. The third-order valence-electron chi connectivity index (χ3n) is 4.67. The van der Waals surface area contributed by atoms with Gasteiger partial charge in [-0.25, -0.2) is 9.78 Å². The van der Waals surface area contributed by atoms with E-state index in [4.69, 9.17) is 38.0 Å². The first-order valence-corrected chi connectivity index (χ1v) is 9.22. The van der Waals surface area contributed by atoms with Crippen molar-refractivity contribution in [3.05, 3.63) is 47.9 Å². The highest BCUT2D eigenvalue weighted by Gasteiger charge is 2.41. The Hall–Kier alpha value is -3.28. The number of hydrogen-bond donors (Lipinski definition) is 1. The lowest BCUT2D eigenvalue weighted by Crippen LogP contribution is -2.34. The summed E-state index contributed by atoms with van der Waals surface area (Å²) in [5.41, 5.74) is 5.38. The van der Waals surface area contributed by atoms with Gasteiger partial charge in [0.15, 0.2) is 5.60 Å². The quantitative estimate of drug-likeness (QED) is 0.302. The summed E-state index contributed by atoms with van der Waals surface area (Å²) in [5.74, 6) is 3.27. The van der Waals surface area contributed by atoms with Crippen LogP contribution in [0.25, 0.3) is 11.0 Å². The van der Waals surface area contributed by atoms with Gasteiger partial charge < -0.3 is 24.5 Å². The fraction of sp³-hybridized carbons (Fsp3) is 0.250. The highest BCUT2D eigenvalue weighted by molar-refractivity contribution is 6.28. The maximum Gasteiger partial charge on any atom is 0.513 e. The van der Waals surface area contributed by atoms with Crippen LogP contribution in [0.1, 0.15) is 19.1 Å². The van der Waals surface area contributed by atoms with Crippen LogP contribution < -0.4 is 10.5 Å². The molecule has 8 nitrogen and oxygen atoms in total. The highest BCUT2D eigenvalue weighted by atomic mass is 35.5. The Morgan fingerprint density at radius 1 is 1.38 bits per heavy atom. The topological polar surface area (TPSA) is 101 Å². The van der Waals surface area contributed by atoms with Crippen molar-refractivity contribution >= 4 is 34.6 Å². The fourth-order valence-corrected chi connectivity index (χ4v) is 3.41. The molecule has 1 aromatic carbocycles. The summed E-state index contributed by atoms with van der Waals surface area (Å²) >= 11 is 5.93. The molecule has 1 aliphatic rings. The maximum atomic E-state index is 12.0. The number of anilines is 1. The first-order valence-electron chi connectivity index (χ1n) is 8.84. The molecule has 2 unspecified atom stereocenters. The Kier molecular flexibility index (Phi) is 5.01. The SMILES string of the molecule is C#CC1(COC(=O)Oc2ccccc2)CCC(n2ccc3c(N)nc(Cl)nc32)O1. The Bertz CT molecular complexity index is 1100. The number of hydrogen-bond acceptors (Lipinski definition) is 7. The molecule has 2 atom stereocenters. The van der Waals surface area contributed by atoms with E-state index < -0.39 is 18.0 Å². The molecule has 29 heavy (non-hydrogen) atoms. The average Bonchev–Trinajstić information content (AvgIpc) is 3.32. The van der Waals surface area contributed by atoms with Crippen LogP contribution in [-0.2, 0) is 9.47 Å². The van der Waals surface area contributed by atoms with E-state index >= 15 is 0 Å². The zero-order valence-electron chi connectivity index (χ0n) is 15.2. The van der Waals surface area contributed by atoms with Gasteiger partial charge in [-0.2, -0.15) is 4.98 Å². The lowest BCUT2D eigenvalue weighted by atomic mass is 10.0. The third-order valence-corrected chi connectivity index (χ3v) is 4.84. The number of nitrogens with zero attached hydrogens (tertiary/aromatic N) is 3. The molecule has 0 radical (unpaired) electrons. The summed E-state index contributed by atoms with van der Waals surface area (Å²) in [6.07, 6.45) is 7.30. The highest BCUT2D eigenvalue weighted by Crippen LogP contribution is 2.38. The van der Waals surface area contributed by atoms with Crippen LogP contribution in [0.2, 0.25) is 5.28 Å². The summed E-state index contributed by atoms with van der Waals surface area (Å²) in [6.45, 7) is -0.136. The van der Waals surface area contributed by atoms with Crippen molar-refractivity contribution in [3.8, 4) is 18.1 Å². The summed E-state index contributed by atoms with van der Waals surface area (Å²) in [4.78, 5) is 20.1. The standard InChI is InChI=1S/C20H17ClN4O4/c1-2-20(12-27-19(26)28-13-6-4-3-5-7-13)10-8-15(29-20)25-11-9-14-16(22)23-18(21)24-17(14)25/h1,3-7,9,11,15H,8,10,12H2,(H2,22,23,24). The van der Waals surface area contributed by atoms with Crippen LogP contribution in [0.5, 0.6) is 5.75 Å². The van der Waals surface area contributed by atoms with E-state index in [0.717, 1.165) is 0 Å². The molecular formula is C20H17ClN4O4. The normalized spacial score (nSPS) is 21.0. The maximum absolute atomic E-state index is 12.0. The molecule has 3 aromatic rings. The van der Waals surface area contributed by atoms with E-state index in [2.05, 4.69) is 15.9 Å². The predicted molar refractivity (Wildman–Crippen MR) is 106 cm³/mol. The van der Waals surface area contributed by atoms with E-state index in [-0.39, 0.29) is 17.7 Å². The van der Waals surface area contributed by atoms with Crippen LogP contribution in [0.3, 0.4) is 0 Å². The minimum absolute atomic E-state index is 0.0446. The molecule has 0 amide bonds. The number of para-hydroxylation sites is 1. The van der Waals surface area contributed by atoms with Gasteiger partial charge in [-0.3, -0.25) is 0 Å². The predicted octanol–water partition coefficient (Wildman–Crippen LogP) is 3.56. The van der Waals surface area contributed by atoms with Gasteiger partial charge in [0, 0.05) is 6.20 Å². The fourth-order valence-electron chi connectivity index (χ4n) is 3.24. The minimum Gasteiger partial charge on any atom is -0.430 e. The Morgan fingerprint density at radius 3 is 2.93 bits per heavy atom. The van der Waals surface area contributed by atoms with Gasteiger partial charge in [0.05, 0.1) is 5.39 Å². The number of aromatic nitrogens is 3. The van der Waals surface area contributed by atoms with Crippen LogP contribution in [0.4, 0.5) is 10.6 Å². The minimum atomic E-state index is -1.07. The lowest BCUT2D eigenvalue weighted by Gasteiger charge is -2.23. The number of rotatable bonds is 4. The Labute approximate surface area is 171 Å². The second kappa shape index (κ2) is 7.62. The van der Waals surface area contributed by atoms with Gasteiger partial charge in [-0.1, -0.05) is 24.1 Å². The smallest absolute Gasteiger partial charge is 0.430 e. The van der Waals surface area contributed by atoms with Crippen molar-refractivity contribution in [1.82, 2.24) is 14.5 Å². The zero-order chi connectivity index (χ0) is 20.4. The summed E-state index contributed by atoms with van der Waals surface area (Å²) in [6, 6.07) is 10.4. The van der Waals surface area contributed by atoms with Crippen LogP contribution in [0, 0.1) is 12.3 Å². The number of carbonyl (C=O) groups excluding carboxylic acids is 1. The van der Waals surface area contributed by atoms with Gasteiger partial charge in [0.2, 0.25) is 5.28 Å². The van der Waals surface area contributed by atoms with Gasteiger partial charge in [0.25, 0.3) is 0 Å². The summed E-state index contributed by atoms with van der Waals surface area (Å²) in [7, 11) is 0. The number of nitrogens with two attached hydrogens (primary N) is 1. The molecule has 2 N–H and O–H groups in total. The molecule has 1 aliphatic heterocycles. The second-order valence-corrected chi connectivity index (χ2v) is 6.88. The zero-order valence-corrected chi connectivity index (χ0v) is 16.0. The van der Waals surface area contributed by atoms with Crippen molar-refractivity contribution in [3.63, 3.8) is 0 Å². The van der Waals surface area contributed by atoms with E-state index in [9.17, 15) is 4.79 Å². The molecule has 1 fully saturated rings. The number of halogens is 1. The number of terminal acetylenes is 1. The molecular weight excluding hydrogens is 396 g/mol. The van der Waals surface area contributed by atoms with Crippen molar-refractivity contribution in [2.75, 3.05) is 12.3 Å². The molecule has 0 bridgehead atoms. The molecule has 4 rings (SSSR count). The molecule has 0 saturated carbocycles. The van der Waals surface area contributed by atoms with E-state index in [1.807, 2.05) is 6.07 Å². The van der Waals surface area contributed by atoms with Gasteiger partial charge in [0.1, 0.15) is 30.0 Å². The molecule has 0 spiro atoms. The van der Waals surface area contributed by atoms with E-state index in [0.29, 0.717) is 29.6 Å². The number of fused-ring (bicyclic) bond motifs is 1. The number of benzene rings is 1. The Balaban J connectivity index is 1.46. The number of ether oxygens (including phenoxy) is 3. The van der Waals surface area contributed by atoms with Crippen LogP contribution in [-0.4, -0.2) is 32.9 Å². The first kappa shape index (κ1) is 19.1. The van der Waals surface area contributed by atoms with Crippen molar-refractivity contribution < 1.29 is 19.0 Å². The monoisotopic (exact) mass is 412 g/mol. The molecule has 3 heterocycles. The number of carbonyl (C=O) groups is 1. The second-order valence-electron chi connectivity index (χ2n) is 6.54. The molecule has 148 valence electrons. The number of nitrogen functional groups attached to an aromatic ring is 1. The molecule has 1 saturated heterocycles. The van der Waals surface area contributed by atoms with Gasteiger partial charge in [-0.05, 0) is 42.6 Å². The largest absolute Gasteiger partial charge is 0.513 e. The van der Waals surface area contributed by atoms with Gasteiger partial charge >= 0.3 is 6.16 Å². The molecule has 2 aromatic heterocycles. The third kappa shape index (κ3) is 3.83. The molecule has 0 aliphatic carbocycles.